The highest BCUT2D eigenvalue weighted by Crippen LogP contribution is 2.27. The third-order valence-corrected chi connectivity index (χ3v) is 3.37. The van der Waals surface area contributed by atoms with Crippen LogP contribution in [-0.4, -0.2) is 44.5 Å². The second-order valence-electron chi connectivity index (χ2n) is 5.39. The lowest BCUT2D eigenvalue weighted by atomic mass is 10.1. The van der Waals surface area contributed by atoms with Gasteiger partial charge in [0.05, 0.1) is 30.9 Å². The summed E-state index contributed by atoms with van der Waals surface area (Å²) in [6, 6.07) is 4.35. The summed E-state index contributed by atoms with van der Waals surface area (Å²) in [6.45, 7) is 2.62. The number of ether oxygens (including phenoxy) is 2. The lowest BCUT2D eigenvalue weighted by Crippen LogP contribution is -2.20. The quantitative estimate of drug-likeness (QED) is 0.558. The van der Waals surface area contributed by atoms with Gasteiger partial charge in [-0.3, -0.25) is 9.79 Å². The van der Waals surface area contributed by atoms with Crippen molar-refractivity contribution in [3.8, 4) is 5.75 Å². The second kappa shape index (κ2) is 9.79. The van der Waals surface area contributed by atoms with Gasteiger partial charge in [0, 0.05) is 0 Å². The van der Waals surface area contributed by atoms with Crippen molar-refractivity contribution >= 4 is 23.8 Å². The molecule has 1 atom stereocenters. The normalized spacial score (nSPS) is 12.7. The van der Waals surface area contributed by atoms with Gasteiger partial charge in [-0.05, 0) is 37.8 Å². The maximum atomic E-state index is 12.4. The van der Waals surface area contributed by atoms with Crippen molar-refractivity contribution in [2.75, 3.05) is 25.6 Å². The van der Waals surface area contributed by atoms with Gasteiger partial charge in [0.1, 0.15) is 12.3 Å². The van der Waals surface area contributed by atoms with Gasteiger partial charge in [0.25, 0.3) is 0 Å². The first-order valence-electron chi connectivity index (χ1n) is 7.89. The molecule has 0 aliphatic heterocycles. The molecule has 0 saturated heterocycles. The van der Waals surface area contributed by atoms with Gasteiger partial charge in [0.15, 0.2) is 0 Å². The minimum atomic E-state index is -4.29. The van der Waals surface area contributed by atoms with Crippen molar-refractivity contribution in [1.29, 1.82) is 0 Å². The number of aliphatic imine (C=N–C) groups is 1. The monoisotopic (exact) mass is 374 g/mol. The molecule has 1 aromatic rings. The van der Waals surface area contributed by atoms with Crippen LogP contribution in [0.1, 0.15) is 30.6 Å². The molecule has 1 aromatic carbocycles. The number of alkyl halides is 3. The van der Waals surface area contributed by atoms with E-state index in [-0.39, 0.29) is 30.9 Å². The summed E-state index contributed by atoms with van der Waals surface area (Å²) in [4.78, 5) is 27.2. The van der Waals surface area contributed by atoms with Crippen LogP contribution in [0, 0.1) is 5.92 Å². The number of anilines is 1. The summed E-state index contributed by atoms with van der Waals surface area (Å²) in [5.41, 5.74) is 0.574. The summed E-state index contributed by atoms with van der Waals surface area (Å²) < 4.78 is 47.1. The van der Waals surface area contributed by atoms with Crippen molar-refractivity contribution in [3.05, 3.63) is 23.8 Å². The molecular weight excluding hydrogens is 353 g/mol. The van der Waals surface area contributed by atoms with Gasteiger partial charge in [-0.1, -0.05) is 6.92 Å². The zero-order chi connectivity index (χ0) is 19.7. The highest BCUT2D eigenvalue weighted by atomic mass is 19.4. The molecule has 0 heterocycles. The van der Waals surface area contributed by atoms with E-state index in [0.29, 0.717) is 5.69 Å². The van der Waals surface area contributed by atoms with Gasteiger partial charge in [0.2, 0.25) is 5.91 Å². The number of carbonyl (C=O) groups excluding carboxylic acids is 2. The Labute approximate surface area is 149 Å². The van der Waals surface area contributed by atoms with E-state index in [9.17, 15) is 22.8 Å². The molecule has 0 spiro atoms. The molecule has 0 saturated carbocycles. The van der Waals surface area contributed by atoms with Crippen molar-refractivity contribution in [2.24, 2.45) is 10.9 Å². The molecule has 0 fully saturated rings. The molecule has 0 radical (unpaired) electrons. The number of nitrogens with one attached hydrogen (secondary N) is 1. The van der Waals surface area contributed by atoms with Crippen LogP contribution in [0.4, 0.5) is 18.9 Å². The highest BCUT2D eigenvalue weighted by Gasteiger charge is 2.34. The molecule has 1 N–H and O–H groups in total. The molecule has 144 valence electrons. The van der Waals surface area contributed by atoms with Gasteiger partial charge in [-0.2, -0.15) is 13.2 Å². The molecule has 26 heavy (non-hydrogen) atoms. The van der Waals surface area contributed by atoms with Crippen molar-refractivity contribution in [2.45, 2.75) is 26.4 Å². The summed E-state index contributed by atoms with van der Waals surface area (Å²) in [6.07, 6.45) is -3.50. The standard InChI is InChI=1S/C17H21F3N2O4/c1-4-26-16(24)12-5-6-13(14(9-12)25-3)22-15(23)10-21-8-7-11(2)17(18,19)20/h5-6,8-9,11H,4,7,10H2,1-3H3,(H,22,23)/t11-/m1/s1. The van der Waals surface area contributed by atoms with E-state index < -0.39 is 24.0 Å². The third kappa shape index (κ3) is 6.73. The minimum Gasteiger partial charge on any atom is -0.495 e. The molecular formula is C17H21F3N2O4. The molecule has 1 rings (SSSR count). The summed E-state index contributed by atoms with van der Waals surface area (Å²) in [5, 5.41) is 2.53. The van der Waals surface area contributed by atoms with E-state index in [1.807, 2.05) is 0 Å². The lowest BCUT2D eigenvalue weighted by molar-refractivity contribution is -0.167. The van der Waals surface area contributed by atoms with Crippen LogP contribution in [0.15, 0.2) is 23.2 Å². The fourth-order valence-corrected chi connectivity index (χ4v) is 1.84. The number of amides is 1. The summed E-state index contributed by atoms with van der Waals surface area (Å²) in [7, 11) is 1.37. The fourth-order valence-electron chi connectivity index (χ4n) is 1.84. The number of nitrogens with zero attached hydrogens (tertiary/aromatic N) is 1. The van der Waals surface area contributed by atoms with Crippen LogP contribution in [0.25, 0.3) is 0 Å². The smallest absolute Gasteiger partial charge is 0.391 e. The fraction of sp³-hybridized carbons (Fsp3) is 0.471. The van der Waals surface area contributed by atoms with Crippen molar-refractivity contribution in [3.63, 3.8) is 0 Å². The molecule has 0 aliphatic rings. The van der Waals surface area contributed by atoms with E-state index in [1.54, 1.807) is 6.92 Å². The zero-order valence-corrected chi connectivity index (χ0v) is 14.7. The molecule has 9 heteroatoms. The molecule has 1 amide bonds. The Morgan fingerprint density at radius 3 is 2.62 bits per heavy atom. The molecule has 0 unspecified atom stereocenters. The van der Waals surface area contributed by atoms with Crippen LogP contribution in [0.5, 0.6) is 5.75 Å². The average Bonchev–Trinajstić information content (AvgIpc) is 2.58. The van der Waals surface area contributed by atoms with Crippen LogP contribution in [0.3, 0.4) is 0 Å². The second-order valence-corrected chi connectivity index (χ2v) is 5.39. The van der Waals surface area contributed by atoms with Crippen molar-refractivity contribution < 1.29 is 32.2 Å². The number of esters is 1. The summed E-state index contributed by atoms with van der Waals surface area (Å²) >= 11 is 0. The number of benzene rings is 1. The number of halogens is 3. The van der Waals surface area contributed by atoms with Crippen LogP contribution < -0.4 is 10.1 Å². The summed E-state index contributed by atoms with van der Waals surface area (Å²) in [5.74, 6) is -2.32. The van der Waals surface area contributed by atoms with Gasteiger partial charge in [-0.25, -0.2) is 4.79 Å². The average molecular weight is 374 g/mol. The SMILES string of the molecule is CCOC(=O)c1ccc(NC(=O)CN=CC[C@@H](C)C(F)(F)F)c(OC)c1. The Hall–Kier alpha value is -2.58. The first kappa shape index (κ1) is 21.5. The third-order valence-electron chi connectivity index (χ3n) is 3.37. The van der Waals surface area contributed by atoms with E-state index in [0.717, 1.165) is 13.1 Å². The first-order valence-corrected chi connectivity index (χ1v) is 7.89. The Balaban J connectivity index is 2.65. The molecule has 0 aliphatic carbocycles. The minimum absolute atomic E-state index is 0.227. The van der Waals surface area contributed by atoms with Gasteiger partial charge in [-0.15, -0.1) is 0 Å². The van der Waals surface area contributed by atoms with Crippen molar-refractivity contribution in [1.82, 2.24) is 0 Å². The van der Waals surface area contributed by atoms with E-state index >= 15 is 0 Å². The Bertz CT molecular complexity index is 660. The van der Waals surface area contributed by atoms with Crippen LogP contribution in [0.2, 0.25) is 0 Å². The number of hydrogen-bond acceptors (Lipinski definition) is 5. The molecule has 6 nitrogen and oxygen atoms in total. The maximum absolute atomic E-state index is 12.4. The molecule has 0 aromatic heterocycles. The topological polar surface area (TPSA) is 77.0 Å². The van der Waals surface area contributed by atoms with E-state index in [1.165, 1.54) is 25.3 Å². The number of carbonyl (C=O) groups is 2. The van der Waals surface area contributed by atoms with Crippen LogP contribution >= 0.6 is 0 Å². The lowest BCUT2D eigenvalue weighted by Gasteiger charge is -2.12. The van der Waals surface area contributed by atoms with Gasteiger partial charge >= 0.3 is 12.1 Å². The Kier molecular flexibility index (Phi) is 8.08. The van der Waals surface area contributed by atoms with E-state index in [2.05, 4.69) is 10.3 Å². The highest BCUT2D eigenvalue weighted by molar-refractivity contribution is 5.96. The Morgan fingerprint density at radius 1 is 1.35 bits per heavy atom. The Morgan fingerprint density at radius 2 is 2.04 bits per heavy atom. The van der Waals surface area contributed by atoms with Gasteiger partial charge < -0.3 is 14.8 Å². The molecule has 0 bridgehead atoms. The number of methoxy groups -OCH3 is 1. The van der Waals surface area contributed by atoms with E-state index in [4.69, 9.17) is 9.47 Å². The largest absolute Gasteiger partial charge is 0.495 e. The zero-order valence-electron chi connectivity index (χ0n) is 14.7. The first-order chi connectivity index (χ1) is 12.2. The predicted octanol–water partition coefficient (Wildman–Crippen LogP) is 3.47. The number of hydrogen-bond donors (Lipinski definition) is 1. The predicted molar refractivity (Wildman–Crippen MR) is 90.8 cm³/mol. The van der Waals surface area contributed by atoms with Crippen LogP contribution in [-0.2, 0) is 9.53 Å². The maximum Gasteiger partial charge on any atom is 0.391 e. The number of rotatable bonds is 8.